The summed E-state index contributed by atoms with van der Waals surface area (Å²) in [6.45, 7) is 0. The molecule has 136 valence electrons. The van der Waals surface area contributed by atoms with E-state index >= 15 is 0 Å². The van der Waals surface area contributed by atoms with E-state index in [0.29, 0.717) is 12.1 Å². The number of benzene rings is 2. The molecule has 2 aromatic rings. The lowest BCUT2D eigenvalue weighted by Gasteiger charge is -2.34. The van der Waals surface area contributed by atoms with Gasteiger partial charge in [0.2, 0.25) is 0 Å². The molecule has 1 aliphatic rings. The minimum absolute atomic E-state index is 0.355. The lowest BCUT2D eigenvalue weighted by atomic mass is 9.90. The molecule has 0 aromatic heterocycles. The summed E-state index contributed by atoms with van der Waals surface area (Å²) in [7, 11) is 0. The van der Waals surface area contributed by atoms with Gasteiger partial charge in [-0.25, -0.2) is 0 Å². The lowest BCUT2D eigenvalue weighted by Crippen LogP contribution is -2.53. The van der Waals surface area contributed by atoms with E-state index in [1.54, 1.807) is 0 Å². The van der Waals surface area contributed by atoms with Gasteiger partial charge in [-0.05, 0) is 24.0 Å². The third-order valence-electron chi connectivity index (χ3n) is 4.87. The Kier molecular flexibility index (Phi) is 7.15. The number of thiocarbonyl (C=S) groups is 2. The highest BCUT2D eigenvalue weighted by molar-refractivity contribution is 7.80. The molecule has 2 atom stereocenters. The summed E-state index contributed by atoms with van der Waals surface area (Å²) >= 11 is 11.2. The van der Waals surface area contributed by atoms with E-state index in [4.69, 9.17) is 24.4 Å². The Balaban J connectivity index is 1.53. The molecule has 1 saturated carbocycles. The van der Waals surface area contributed by atoms with E-state index in [0.717, 1.165) is 35.7 Å². The fraction of sp³-hybridized carbons (Fsp3) is 0.364. The molecular weight excluding hydrogens is 356 g/mol. The summed E-state index contributed by atoms with van der Waals surface area (Å²) in [4.78, 5) is 1.84. The van der Waals surface area contributed by atoms with Gasteiger partial charge in [-0.15, -0.1) is 0 Å². The average Bonchev–Trinajstić information content (AvgIpc) is 2.65. The maximum absolute atomic E-state index is 5.62. The van der Waals surface area contributed by atoms with Gasteiger partial charge in [-0.1, -0.05) is 97.9 Å². The molecule has 0 saturated heterocycles. The highest BCUT2D eigenvalue weighted by Gasteiger charge is 2.26. The topological polar surface area (TPSA) is 24.1 Å². The van der Waals surface area contributed by atoms with E-state index in [1.165, 1.54) is 24.0 Å². The molecule has 0 radical (unpaired) electrons. The largest absolute Gasteiger partial charge is 0.375 e. The first-order valence-corrected chi connectivity index (χ1v) is 10.2. The van der Waals surface area contributed by atoms with Crippen LogP contribution in [-0.4, -0.2) is 22.1 Å². The van der Waals surface area contributed by atoms with Crippen molar-refractivity contribution in [2.45, 2.75) is 50.6 Å². The molecule has 4 heteroatoms. The second-order valence-electron chi connectivity index (χ2n) is 6.96. The predicted octanol–water partition coefficient (Wildman–Crippen LogP) is 4.62. The number of nitrogens with one attached hydrogen (secondary N) is 2. The van der Waals surface area contributed by atoms with Crippen molar-refractivity contribution in [3.63, 3.8) is 0 Å². The maximum Gasteiger partial charge on any atom is 0.0800 e. The normalized spacial score (nSPS) is 19.5. The monoisotopic (exact) mass is 382 g/mol. The summed E-state index contributed by atoms with van der Waals surface area (Å²) < 4.78 is 0. The second kappa shape index (κ2) is 9.79. The van der Waals surface area contributed by atoms with Gasteiger partial charge in [0.1, 0.15) is 0 Å². The van der Waals surface area contributed by atoms with E-state index in [-0.39, 0.29) is 0 Å². The van der Waals surface area contributed by atoms with Crippen LogP contribution in [0.25, 0.3) is 0 Å². The van der Waals surface area contributed by atoms with Gasteiger partial charge in [0.15, 0.2) is 0 Å². The summed E-state index contributed by atoms with van der Waals surface area (Å²) in [5.41, 5.74) is 2.51. The van der Waals surface area contributed by atoms with Crippen LogP contribution in [0.2, 0.25) is 0 Å². The fourth-order valence-corrected chi connectivity index (χ4v) is 4.19. The Morgan fingerprint density at radius 3 is 1.46 bits per heavy atom. The van der Waals surface area contributed by atoms with Crippen LogP contribution in [0.3, 0.4) is 0 Å². The van der Waals surface area contributed by atoms with Crippen molar-refractivity contribution in [3.05, 3.63) is 71.8 Å². The van der Waals surface area contributed by atoms with Crippen molar-refractivity contribution in [1.82, 2.24) is 10.6 Å². The van der Waals surface area contributed by atoms with Crippen LogP contribution < -0.4 is 10.6 Å². The quantitative estimate of drug-likeness (QED) is 0.712. The Labute approximate surface area is 167 Å². The number of hydrogen-bond acceptors (Lipinski definition) is 2. The summed E-state index contributed by atoms with van der Waals surface area (Å²) in [5, 5.41) is 7.19. The van der Waals surface area contributed by atoms with Crippen molar-refractivity contribution in [3.8, 4) is 0 Å². The Bertz CT molecular complexity index is 652. The van der Waals surface area contributed by atoms with Crippen molar-refractivity contribution in [2.75, 3.05) is 0 Å². The fourth-order valence-electron chi connectivity index (χ4n) is 3.55. The summed E-state index contributed by atoms with van der Waals surface area (Å²) in [6, 6.07) is 21.5. The molecule has 0 spiro atoms. The van der Waals surface area contributed by atoms with Crippen molar-refractivity contribution < 1.29 is 0 Å². The van der Waals surface area contributed by atoms with Crippen molar-refractivity contribution in [2.24, 2.45) is 0 Å². The first-order chi connectivity index (χ1) is 12.7. The van der Waals surface area contributed by atoms with Gasteiger partial charge in [0.25, 0.3) is 0 Å². The molecular formula is C22H26N2S2. The third-order valence-corrected chi connectivity index (χ3v) is 5.40. The molecule has 26 heavy (non-hydrogen) atoms. The summed E-state index contributed by atoms with van der Waals surface area (Å²) in [5.74, 6) is 0. The van der Waals surface area contributed by atoms with Crippen LogP contribution in [0.4, 0.5) is 0 Å². The summed E-state index contributed by atoms with van der Waals surface area (Å²) in [6.07, 6.45) is 6.37. The number of hydrogen-bond donors (Lipinski definition) is 2. The lowest BCUT2D eigenvalue weighted by molar-refractivity contribution is 0.338. The first-order valence-electron chi connectivity index (χ1n) is 9.37. The SMILES string of the molecule is S=C(Cc1ccccc1)NC1CCCCC1NC(=S)Cc1ccccc1. The van der Waals surface area contributed by atoms with Gasteiger partial charge >= 0.3 is 0 Å². The third kappa shape index (κ3) is 5.89. The Hall–Kier alpha value is -1.78. The average molecular weight is 383 g/mol. The van der Waals surface area contributed by atoms with Crippen molar-refractivity contribution >= 4 is 34.4 Å². The molecule has 3 rings (SSSR count). The zero-order valence-electron chi connectivity index (χ0n) is 15.0. The molecule has 1 aliphatic carbocycles. The van der Waals surface area contributed by atoms with Gasteiger partial charge in [-0.2, -0.15) is 0 Å². The molecule has 2 unspecified atom stereocenters. The van der Waals surface area contributed by atoms with E-state index in [1.807, 2.05) is 12.1 Å². The van der Waals surface area contributed by atoms with Crippen LogP contribution in [0, 0.1) is 0 Å². The van der Waals surface area contributed by atoms with Gasteiger partial charge in [-0.3, -0.25) is 0 Å². The molecule has 0 bridgehead atoms. The zero-order valence-corrected chi connectivity index (χ0v) is 16.6. The van der Waals surface area contributed by atoms with Crippen LogP contribution in [0.5, 0.6) is 0 Å². The van der Waals surface area contributed by atoms with E-state index < -0.39 is 0 Å². The Morgan fingerprint density at radius 2 is 1.08 bits per heavy atom. The molecule has 0 heterocycles. The van der Waals surface area contributed by atoms with Crippen molar-refractivity contribution in [1.29, 1.82) is 0 Å². The van der Waals surface area contributed by atoms with E-state index in [2.05, 4.69) is 59.2 Å². The predicted molar refractivity (Wildman–Crippen MR) is 118 cm³/mol. The number of rotatable bonds is 6. The highest BCUT2D eigenvalue weighted by atomic mass is 32.1. The maximum atomic E-state index is 5.62. The van der Waals surface area contributed by atoms with Crippen LogP contribution >= 0.6 is 24.4 Å². The van der Waals surface area contributed by atoms with Crippen LogP contribution in [-0.2, 0) is 12.8 Å². The second-order valence-corrected chi connectivity index (χ2v) is 7.94. The molecule has 2 N–H and O–H groups in total. The molecule has 0 aliphatic heterocycles. The minimum Gasteiger partial charge on any atom is -0.375 e. The smallest absolute Gasteiger partial charge is 0.0800 e. The molecule has 0 amide bonds. The Morgan fingerprint density at radius 1 is 0.692 bits per heavy atom. The molecule has 2 aromatic carbocycles. The minimum atomic E-state index is 0.355. The highest BCUT2D eigenvalue weighted by Crippen LogP contribution is 2.19. The standard InChI is InChI=1S/C22H26N2S2/c25-21(15-17-9-3-1-4-10-17)23-19-13-7-8-14-20(19)24-22(26)16-18-11-5-2-6-12-18/h1-6,9-12,19-20H,7-8,13-16H2,(H,23,25)(H,24,26). The van der Waals surface area contributed by atoms with Gasteiger partial charge in [0, 0.05) is 24.9 Å². The van der Waals surface area contributed by atoms with Gasteiger partial charge in [0.05, 0.1) is 9.98 Å². The van der Waals surface area contributed by atoms with Gasteiger partial charge < -0.3 is 10.6 Å². The zero-order chi connectivity index (χ0) is 18.2. The van der Waals surface area contributed by atoms with Crippen LogP contribution in [0.15, 0.2) is 60.7 Å². The van der Waals surface area contributed by atoms with E-state index in [9.17, 15) is 0 Å². The molecule has 2 nitrogen and oxygen atoms in total. The van der Waals surface area contributed by atoms with Crippen LogP contribution in [0.1, 0.15) is 36.8 Å². The first kappa shape index (κ1) is 19.0. The molecule has 1 fully saturated rings.